The van der Waals surface area contributed by atoms with Gasteiger partial charge in [-0.05, 0) is 18.4 Å². The number of amides is 1. The Balaban J connectivity index is 1.96. The molecule has 6 heteroatoms. The van der Waals surface area contributed by atoms with Crippen LogP contribution in [0.3, 0.4) is 0 Å². The highest BCUT2D eigenvalue weighted by Crippen LogP contribution is 2.19. The van der Waals surface area contributed by atoms with E-state index >= 15 is 0 Å². The van der Waals surface area contributed by atoms with Gasteiger partial charge in [0.2, 0.25) is 0 Å². The molecule has 1 aromatic heterocycles. The smallest absolute Gasteiger partial charge is 0.253 e. The Bertz CT molecular complexity index is 364. The second-order valence-corrected chi connectivity index (χ2v) is 4.72. The van der Waals surface area contributed by atoms with Crippen LogP contribution in [0, 0.1) is 0 Å². The highest BCUT2D eigenvalue weighted by molar-refractivity contribution is 6.53. The zero-order chi connectivity index (χ0) is 10.8. The maximum absolute atomic E-state index is 11.3. The van der Waals surface area contributed by atoms with Crippen molar-refractivity contribution >= 4 is 29.1 Å². The lowest BCUT2D eigenvalue weighted by Gasteiger charge is -2.22. The zero-order valence-corrected chi connectivity index (χ0v) is 9.48. The summed E-state index contributed by atoms with van der Waals surface area (Å²) in [5.41, 5.74) is 2.32. The average molecular weight is 248 g/mol. The van der Waals surface area contributed by atoms with Gasteiger partial charge in [-0.3, -0.25) is 9.89 Å². The SMILES string of the molecule is O=C(NC1CCc2cn[nH]c2C1)C(Cl)Cl. The summed E-state index contributed by atoms with van der Waals surface area (Å²) >= 11 is 10.9. The molecule has 0 aliphatic heterocycles. The third-order valence-corrected chi connectivity index (χ3v) is 2.96. The average Bonchev–Trinajstić information content (AvgIpc) is 2.64. The molecule has 0 fully saturated rings. The summed E-state index contributed by atoms with van der Waals surface area (Å²) in [6.07, 6.45) is 4.42. The fourth-order valence-corrected chi connectivity index (χ4v) is 1.92. The van der Waals surface area contributed by atoms with E-state index in [2.05, 4.69) is 15.5 Å². The molecule has 0 saturated heterocycles. The minimum absolute atomic E-state index is 0.102. The maximum atomic E-state index is 11.3. The molecule has 1 atom stereocenters. The van der Waals surface area contributed by atoms with Gasteiger partial charge in [-0.15, -0.1) is 0 Å². The number of carbonyl (C=O) groups is 1. The van der Waals surface area contributed by atoms with Crippen molar-refractivity contribution in [3.8, 4) is 0 Å². The normalized spacial score (nSPS) is 20.1. The monoisotopic (exact) mass is 247 g/mol. The molecule has 0 saturated carbocycles. The number of aryl methyl sites for hydroxylation is 1. The summed E-state index contributed by atoms with van der Waals surface area (Å²) in [5.74, 6) is -0.328. The molecule has 1 aromatic rings. The standard InChI is InChI=1S/C9H11Cl2N3O/c10-8(11)9(15)13-6-2-1-5-4-12-14-7(5)3-6/h4,6,8H,1-3H2,(H,12,14)(H,13,15). The van der Waals surface area contributed by atoms with E-state index in [0.29, 0.717) is 0 Å². The van der Waals surface area contributed by atoms with Gasteiger partial charge in [-0.2, -0.15) is 5.10 Å². The van der Waals surface area contributed by atoms with Crippen LogP contribution >= 0.6 is 23.2 Å². The Labute approximate surface area is 97.3 Å². The Morgan fingerprint density at radius 2 is 2.47 bits per heavy atom. The van der Waals surface area contributed by atoms with E-state index in [1.54, 1.807) is 0 Å². The van der Waals surface area contributed by atoms with Gasteiger partial charge in [0.1, 0.15) is 0 Å². The van der Waals surface area contributed by atoms with Crippen molar-refractivity contribution < 1.29 is 4.79 Å². The van der Waals surface area contributed by atoms with Crippen molar-refractivity contribution in [2.24, 2.45) is 0 Å². The van der Waals surface area contributed by atoms with Crippen molar-refractivity contribution in [3.05, 3.63) is 17.5 Å². The molecule has 2 rings (SSSR count). The van der Waals surface area contributed by atoms with Crippen molar-refractivity contribution in [2.45, 2.75) is 30.1 Å². The van der Waals surface area contributed by atoms with Crippen LogP contribution in [-0.2, 0) is 17.6 Å². The molecule has 0 spiro atoms. The van der Waals surface area contributed by atoms with E-state index in [-0.39, 0.29) is 11.9 Å². The van der Waals surface area contributed by atoms with Crippen LogP contribution in [0.15, 0.2) is 6.20 Å². The Kier molecular flexibility index (Phi) is 3.17. The topological polar surface area (TPSA) is 57.8 Å². The maximum Gasteiger partial charge on any atom is 0.253 e. The molecule has 1 aliphatic rings. The third kappa shape index (κ3) is 2.44. The number of hydrogen-bond acceptors (Lipinski definition) is 2. The summed E-state index contributed by atoms with van der Waals surface area (Å²) < 4.78 is 0. The van der Waals surface area contributed by atoms with E-state index in [4.69, 9.17) is 23.2 Å². The summed E-state index contributed by atoms with van der Waals surface area (Å²) in [6.45, 7) is 0. The molecule has 0 radical (unpaired) electrons. The van der Waals surface area contributed by atoms with Crippen LogP contribution in [-0.4, -0.2) is 27.0 Å². The molecular weight excluding hydrogens is 237 g/mol. The van der Waals surface area contributed by atoms with Crippen LogP contribution in [0.25, 0.3) is 0 Å². The first-order chi connectivity index (χ1) is 7.16. The summed E-state index contributed by atoms with van der Waals surface area (Å²) in [5, 5.41) is 9.68. The van der Waals surface area contributed by atoms with E-state index < -0.39 is 4.84 Å². The van der Waals surface area contributed by atoms with Crippen LogP contribution in [0.5, 0.6) is 0 Å². The zero-order valence-electron chi connectivity index (χ0n) is 7.96. The van der Waals surface area contributed by atoms with Gasteiger partial charge in [0.05, 0.1) is 6.20 Å². The van der Waals surface area contributed by atoms with Crippen molar-refractivity contribution in [2.75, 3.05) is 0 Å². The van der Waals surface area contributed by atoms with Crippen LogP contribution in [0.2, 0.25) is 0 Å². The first-order valence-corrected chi connectivity index (χ1v) is 5.63. The highest BCUT2D eigenvalue weighted by atomic mass is 35.5. The first-order valence-electron chi connectivity index (χ1n) is 4.76. The van der Waals surface area contributed by atoms with Crippen molar-refractivity contribution in [1.29, 1.82) is 0 Å². The number of nitrogens with zero attached hydrogens (tertiary/aromatic N) is 1. The number of fused-ring (bicyclic) bond motifs is 1. The number of aromatic amines is 1. The van der Waals surface area contributed by atoms with Gasteiger partial charge >= 0.3 is 0 Å². The molecule has 2 N–H and O–H groups in total. The van der Waals surface area contributed by atoms with Gasteiger partial charge in [0, 0.05) is 18.2 Å². The number of H-pyrrole nitrogens is 1. The van der Waals surface area contributed by atoms with E-state index in [9.17, 15) is 4.79 Å². The Morgan fingerprint density at radius 3 is 3.20 bits per heavy atom. The lowest BCUT2D eigenvalue weighted by molar-refractivity contribution is -0.120. The van der Waals surface area contributed by atoms with Crippen molar-refractivity contribution in [1.82, 2.24) is 15.5 Å². The number of carbonyl (C=O) groups excluding carboxylic acids is 1. The van der Waals surface area contributed by atoms with Crippen LogP contribution < -0.4 is 5.32 Å². The minimum atomic E-state index is -0.992. The molecule has 1 amide bonds. The van der Waals surface area contributed by atoms with Gasteiger partial charge in [-0.25, -0.2) is 0 Å². The predicted octanol–water partition coefficient (Wildman–Crippen LogP) is 1.19. The van der Waals surface area contributed by atoms with E-state index in [0.717, 1.165) is 25.0 Å². The molecule has 1 heterocycles. The second-order valence-electron chi connectivity index (χ2n) is 3.62. The fourth-order valence-electron chi connectivity index (χ4n) is 1.80. The quantitative estimate of drug-likeness (QED) is 0.772. The van der Waals surface area contributed by atoms with Gasteiger partial charge in [0.25, 0.3) is 5.91 Å². The van der Waals surface area contributed by atoms with Gasteiger partial charge in [-0.1, -0.05) is 23.2 Å². The number of aromatic nitrogens is 2. The van der Waals surface area contributed by atoms with Crippen LogP contribution in [0.1, 0.15) is 17.7 Å². The number of rotatable bonds is 2. The minimum Gasteiger partial charge on any atom is -0.351 e. The number of halogens is 2. The van der Waals surface area contributed by atoms with E-state index in [1.165, 1.54) is 5.56 Å². The number of nitrogens with one attached hydrogen (secondary N) is 2. The summed E-state index contributed by atoms with van der Waals surface area (Å²) in [6, 6.07) is 0.102. The lowest BCUT2D eigenvalue weighted by atomic mass is 9.94. The molecule has 0 aromatic carbocycles. The molecule has 0 bridgehead atoms. The fraction of sp³-hybridized carbons (Fsp3) is 0.556. The molecule has 1 unspecified atom stereocenters. The predicted molar refractivity (Wildman–Crippen MR) is 58.0 cm³/mol. The molecule has 1 aliphatic carbocycles. The third-order valence-electron chi connectivity index (χ3n) is 2.56. The highest BCUT2D eigenvalue weighted by Gasteiger charge is 2.23. The number of alkyl halides is 2. The van der Waals surface area contributed by atoms with Gasteiger partial charge < -0.3 is 5.32 Å². The molecule has 15 heavy (non-hydrogen) atoms. The largest absolute Gasteiger partial charge is 0.351 e. The Hall–Kier alpha value is -0.740. The van der Waals surface area contributed by atoms with Crippen LogP contribution in [0.4, 0.5) is 0 Å². The molecule has 82 valence electrons. The number of hydrogen-bond donors (Lipinski definition) is 2. The lowest BCUT2D eigenvalue weighted by Crippen LogP contribution is -2.41. The van der Waals surface area contributed by atoms with E-state index in [1.807, 2.05) is 6.20 Å². The summed E-state index contributed by atoms with van der Waals surface area (Å²) in [4.78, 5) is 10.3. The summed E-state index contributed by atoms with van der Waals surface area (Å²) in [7, 11) is 0. The second kappa shape index (κ2) is 4.41. The van der Waals surface area contributed by atoms with Gasteiger partial charge in [0.15, 0.2) is 4.84 Å². The van der Waals surface area contributed by atoms with Crippen molar-refractivity contribution in [3.63, 3.8) is 0 Å². The Morgan fingerprint density at radius 1 is 1.67 bits per heavy atom. The first kappa shape index (κ1) is 10.8. The molecule has 4 nitrogen and oxygen atoms in total. The molecular formula is C9H11Cl2N3O.